The van der Waals surface area contributed by atoms with Gasteiger partial charge in [0.25, 0.3) is 5.91 Å². The van der Waals surface area contributed by atoms with Crippen LogP contribution in [0.15, 0.2) is 33.9 Å². The summed E-state index contributed by atoms with van der Waals surface area (Å²) in [6.07, 6.45) is 5.11. The molecule has 20 heavy (non-hydrogen) atoms. The quantitative estimate of drug-likeness (QED) is 0.731. The zero-order valence-electron chi connectivity index (χ0n) is 10.7. The maximum atomic E-state index is 12.4. The molecule has 1 atom stereocenters. The fraction of sp³-hybridized carbons (Fsp3) is 0.357. The van der Waals surface area contributed by atoms with E-state index in [0.29, 0.717) is 25.0 Å². The molecule has 1 N–H and O–H groups in total. The normalized spacial score (nSPS) is 28.2. The smallest absolute Gasteiger partial charge is 0.254 e. The average molecular weight is 337 g/mol. The summed E-state index contributed by atoms with van der Waals surface area (Å²) in [5.41, 5.74) is 2.82. The second kappa shape index (κ2) is 5.01. The van der Waals surface area contributed by atoms with E-state index in [1.54, 1.807) is 11.0 Å². The minimum Gasteiger partial charge on any atom is -0.323 e. The summed E-state index contributed by atoms with van der Waals surface area (Å²) in [4.78, 5) is 38.9. The van der Waals surface area contributed by atoms with Crippen molar-refractivity contribution in [1.82, 2.24) is 10.2 Å². The summed E-state index contributed by atoms with van der Waals surface area (Å²) in [7, 11) is 0. The van der Waals surface area contributed by atoms with Gasteiger partial charge in [0.15, 0.2) is 0 Å². The molecule has 0 radical (unpaired) electrons. The van der Waals surface area contributed by atoms with E-state index in [4.69, 9.17) is 0 Å². The van der Waals surface area contributed by atoms with Gasteiger partial charge in [0, 0.05) is 18.5 Å². The predicted octanol–water partition coefficient (Wildman–Crippen LogP) is 1.17. The van der Waals surface area contributed by atoms with Gasteiger partial charge in [-0.1, -0.05) is 22.0 Å². The molecule has 1 unspecified atom stereocenters. The van der Waals surface area contributed by atoms with Crippen LogP contribution in [0.25, 0.3) is 0 Å². The molecular formula is C14H13BrN2O3. The lowest BCUT2D eigenvalue weighted by atomic mass is 9.97. The minimum atomic E-state index is -0.532. The van der Waals surface area contributed by atoms with Gasteiger partial charge in [0.2, 0.25) is 11.8 Å². The van der Waals surface area contributed by atoms with Crippen molar-refractivity contribution in [3.8, 4) is 0 Å². The van der Waals surface area contributed by atoms with E-state index in [1.807, 2.05) is 11.1 Å². The molecule has 0 bridgehead atoms. The number of carbonyl (C=O) groups excluding carboxylic acids is 3. The number of halogens is 1. The molecule has 0 aromatic carbocycles. The molecule has 0 aromatic heterocycles. The van der Waals surface area contributed by atoms with E-state index in [9.17, 15) is 14.4 Å². The Morgan fingerprint density at radius 2 is 2.10 bits per heavy atom. The van der Waals surface area contributed by atoms with Gasteiger partial charge < -0.3 is 4.90 Å². The van der Waals surface area contributed by atoms with Gasteiger partial charge in [0.05, 0.1) is 0 Å². The molecule has 104 valence electrons. The van der Waals surface area contributed by atoms with Gasteiger partial charge in [-0.2, -0.15) is 0 Å². The average Bonchev–Trinajstić information content (AvgIpc) is 2.75. The van der Waals surface area contributed by atoms with Crippen molar-refractivity contribution >= 4 is 33.7 Å². The molecule has 0 aromatic rings. The third-order valence-corrected chi connectivity index (χ3v) is 4.43. The van der Waals surface area contributed by atoms with E-state index in [-0.39, 0.29) is 24.1 Å². The highest BCUT2D eigenvalue weighted by molar-refractivity contribution is 9.11. The van der Waals surface area contributed by atoms with Crippen LogP contribution in [0.4, 0.5) is 0 Å². The summed E-state index contributed by atoms with van der Waals surface area (Å²) in [6, 6.07) is -0.532. The molecule has 3 aliphatic rings. The number of carbonyl (C=O) groups is 3. The van der Waals surface area contributed by atoms with Crippen LogP contribution in [0.3, 0.4) is 0 Å². The Balaban J connectivity index is 1.80. The lowest BCUT2D eigenvalue weighted by Crippen LogP contribution is -2.53. The van der Waals surface area contributed by atoms with Crippen molar-refractivity contribution in [3.63, 3.8) is 0 Å². The Labute approximate surface area is 124 Å². The summed E-state index contributed by atoms with van der Waals surface area (Å²) in [6.45, 7) is 0.467. The standard InChI is InChI=1S/C14H13BrN2O3/c15-6-8-1-2-10-9(5-8)7-17(14(10)20)11-3-4-12(18)16-13(11)19/h1-2,6,11H,3-5,7H2,(H,16,18,19). The molecule has 2 aliphatic heterocycles. The molecule has 3 amide bonds. The third-order valence-electron chi connectivity index (χ3n) is 3.84. The fourth-order valence-corrected chi connectivity index (χ4v) is 3.13. The molecule has 0 saturated carbocycles. The van der Waals surface area contributed by atoms with Gasteiger partial charge in [-0.3, -0.25) is 19.7 Å². The van der Waals surface area contributed by atoms with Crippen LogP contribution in [-0.4, -0.2) is 35.2 Å². The van der Waals surface area contributed by atoms with Crippen molar-refractivity contribution in [2.75, 3.05) is 6.54 Å². The number of nitrogens with one attached hydrogen (secondary N) is 1. The Morgan fingerprint density at radius 3 is 2.80 bits per heavy atom. The summed E-state index contributed by atoms with van der Waals surface area (Å²) < 4.78 is 0. The van der Waals surface area contributed by atoms with Crippen molar-refractivity contribution in [3.05, 3.63) is 33.9 Å². The predicted molar refractivity (Wildman–Crippen MR) is 75.7 cm³/mol. The van der Waals surface area contributed by atoms with Gasteiger partial charge >= 0.3 is 0 Å². The van der Waals surface area contributed by atoms with Crippen molar-refractivity contribution in [1.29, 1.82) is 0 Å². The molecule has 0 spiro atoms. The Hall–Kier alpha value is -1.69. The zero-order valence-corrected chi connectivity index (χ0v) is 12.3. The van der Waals surface area contributed by atoms with Crippen LogP contribution in [0.5, 0.6) is 0 Å². The summed E-state index contributed by atoms with van der Waals surface area (Å²) in [5, 5.41) is 2.30. The number of nitrogens with zero attached hydrogens (tertiary/aromatic N) is 1. The van der Waals surface area contributed by atoms with Crippen molar-refractivity contribution in [2.45, 2.75) is 25.3 Å². The Bertz CT molecular complexity index is 604. The van der Waals surface area contributed by atoms with Crippen LogP contribution in [0.1, 0.15) is 19.3 Å². The largest absolute Gasteiger partial charge is 0.323 e. The molecule has 5 nitrogen and oxygen atoms in total. The Kier molecular flexibility index (Phi) is 3.33. The van der Waals surface area contributed by atoms with Gasteiger partial charge in [0.1, 0.15) is 6.04 Å². The molecule has 2 heterocycles. The first kappa shape index (κ1) is 13.3. The lowest BCUT2D eigenvalue weighted by Gasteiger charge is -2.29. The molecular weight excluding hydrogens is 324 g/mol. The lowest BCUT2D eigenvalue weighted by molar-refractivity contribution is -0.142. The minimum absolute atomic E-state index is 0.112. The van der Waals surface area contributed by atoms with Gasteiger partial charge in [-0.15, -0.1) is 0 Å². The topological polar surface area (TPSA) is 66.5 Å². The first-order valence-corrected chi connectivity index (χ1v) is 7.35. The number of rotatable bonds is 1. The number of amides is 3. The van der Waals surface area contributed by atoms with E-state index in [1.165, 1.54) is 0 Å². The van der Waals surface area contributed by atoms with E-state index in [2.05, 4.69) is 21.2 Å². The molecule has 3 rings (SSSR count). The van der Waals surface area contributed by atoms with Crippen LogP contribution < -0.4 is 5.32 Å². The maximum absolute atomic E-state index is 12.4. The van der Waals surface area contributed by atoms with E-state index >= 15 is 0 Å². The van der Waals surface area contributed by atoms with Crippen LogP contribution in [-0.2, 0) is 14.4 Å². The maximum Gasteiger partial charge on any atom is 0.254 e. The number of hydrogen-bond acceptors (Lipinski definition) is 3. The second-order valence-electron chi connectivity index (χ2n) is 5.11. The summed E-state index contributed by atoms with van der Waals surface area (Å²) in [5.74, 6) is -0.742. The SMILES string of the molecule is O=C1CCC(N2CC3=C(C=CC(=CBr)C3)C2=O)C(=O)N1. The fourth-order valence-electron chi connectivity index (χ4n) is 2.81. The first-order valence-electron chi connectivity index (χ1n) is 6.44. The Morgan fingerprint density at radius 1 is 1.30 bits per heavy atom. The van der Waals surface area contributed by atoms with Crippen LogP contribution >= 0.6 is 15.9 Å². The number of piperidine rings is 1. The first-order chi connectivity index (χ1) is 9.60. The number of imide groups is 1. The monoisotopic (exact) mass is 336 g/mol. The second-order valence-corrected chi connectivity index (χ2v) is 5.57. The zero-order chi connectivity index (χ0) is 14.3. The van der Waals surface area contributed by atoms with E-state index < -0.39 is 6.04 Å². The highest BCUT2D eigenvalue weighted by Gasteiger charge is 2.40. The van der Waals surface area contributed by atoms with Crippen LogP contribution in [0, 0.1) is 0 Å². The molecule has 1 aliphatic carbocycles. The van der Waals surface area contributed by atoms with Gasteiger partial charge in [-0.05, 0) is 35.0 Å². The third kappa shape index (κ3) is 2.14. The molecule has 1 fully saturated rings. The highest BCUT2D eigenvalue weighted by Crippen LogP contribution is 2.33. The highest BCUT2D eigenvalue weighted by atomic mass is 79.9. The van der Waals surface area contributed by atoms with E-state index in [0.717, 1.165) is 11.1 Å². The number of hydrogen-bond donors (Lipinski definition) is 1. The molecule has 1 saturated heterocycles. The van der Waals surface area contributed by atoms with Crippen molar-refractivity contribution < 1.29 is 14.4 Å². The number of allylic oxidation sites excluding steroid dienone is 2. The molecule has 6 heteroatoms. The summed E-state index contributed by atoms with van der Waals surface area (Å²) >= 11 is 3.29. The van der Waals surface area contributed by atoms with Crippen molar-refractivity contribution in [2.24, 2.45) is 0 Å². The van der Waals surface area contributed by atoms with Gasteiger partial charge in [-0.25, -0.2) is 0 Å². The van der Waals surface area contributed by atoms with Crippen LogP contribution in [0.2, 0.25) is 0 Å².